The fourth-order valence-electron chi connectivity index (χ4n) is 2.98. The molecule has 0 atom stereocenters. The number of carbonyl (C=O) groups excluding carboxylic acids is 1. The van der Waals surface area contributed by atoms with Crippen LogP contribution in [-0.2, 0) is 16.4 Å². The van der Waals surface area contributed by atoms with E-state index in [1.807, 2.05) is 37.3 Å². The van der Waals surface area contributed by atoms with Crippen molar-refractivity contribution in [2.45, 2.75) is 18.2 Å². The van der Waals surface area contributed by atoms with E-state index in [-0.39, 0.29) is 15.9 Å². The molecular formula is C24H25N3O4S2. The first kappa shape index (κ1) is 24.4. The fourth-order valence-corrected chi connectivity index (χ4v) is 4.22. The molecule has 0 bridgehead atoms. The number of sulfonamides is 1. The molecule has 33 heavy (non-hydrogen) atoms. The Morgan fingerprint density at radius 2 is 1.61 bits per heavy atom. The highest BCUT2D eigenvalue weighted by atomic mass is 32.2. The Morgan fingerprint density at radius 3 is 2.24 bits per heavy atom. The van der Waals surface area contributed by atoms with E-state index in [1.54, 1.807) is 36.4 Å². The smallest absolute Gasteiger partial charge is 0.257 e. The summed E-state index contributed by atoms with van der Waals surface area (Å²) in [4.78, 5) is 12.5. The number of benzene rings is 3. The van der Waals surface area contributed by atoms with Crippen LogP contribution in [0.15, 0.2) is 83.8 Å². The second kappa shape index (κ2) is 11.6. The average Bonchev–Trinajstić information content (AvgIpc) is 2.80. The molecule has 0 aromatic heterocycles. The number of rotatable bonds is 9. The third-order valence-electron chi connectivity index (χ3n) is 4.63. The zero-order valence-corrected chi connectivity index (χ0v) is 19.7. The predicted molar refractivity (Wildman–Crippen MR) is 133 cm³/mol. The molecule has 0 heterocycles. The number of carbonyl (C=O) groups is 1. The van der Waals surface area contributed by atoms with Crippen molar-refractivity contribution in [3.63, 3.8) is 0 Å². The van der Waals surface area contributed by atoms with E-state index in [0.29, 0.717) is 36.6 Å². The molecule has 0 radical (unpaired) electrons. The van der Waals surface area contributed by atoms with Gasteiger partial charge in [-0.3, -0.25) is 10.1 Å². The summed E-state index contributed by atoms with van der Waals surface area (Å²) in [7, 11) is -3.63. The first-order chi connectivity index (χ1) is 15.9. The Bertz CT molecular complexity index is 1180. The third kappa shape index (κ3) is 7.38. The lowest BCUT2D eigenvalue weighted by atomic mass is 10.2. The van der Waals surface area contributed by atoms with Gasteiger partial charge in [-0.05, 0) is 79.7 Å². The van der Waals surface area contributed by atoms with E-state index in [2.05, 4.69) is 15.4 Å². The number of hydrogen-bond acceptors (Lipinski definition) is 5. The zero-order valence-electron chi connectivity index (χ0n) is 18.1. The first-order valence-corrected chi connectivity index (χ1v) is 12.3. The largest absolute Gasteiger partial charge is 0.494 e. The van der Waals surface area contributed by atoms with E-state index in [9.17, 15) is 13.2 Å². The first-order valence-electron chi connectivity index (χ1n) is 10.4. The Morgan fingerprint density at radius 1 is 0.939 bits per heavy atom. The minimum atomic E-state index is -3.63. The van der Waals surface area contributed by atoms with Gasteiger partial charge in [0.15, 0.2) is 5.11 Å². The van der Waals surface area contributed by atoms with E-state index in [4.69, 9.17) is 17.0 Å². The van der Waals surface area contributed by atoms with Crippen LogP contribution in [0.25, 0.3) is 0 Å². The molecule has 1 amide bonds. The van der Waals surface area contributed by atoms with Crippen LogP contribution in [0.5, 0.6) is 5.75 Å². The predicted octanol–water partition coefficient (Wildman–Crippen LogP) is 3.73. The van der Waals surface area contributed by atoms with E-state index in [0.717, 1.165) is 5.56 Å². The number of nitrogens with one attached hydrogen (secondary N) is 3. The lowest BCUT2D eigenvalue weighted by Gasteiger charge is -2.11. The number of amides is 1. The molecule has 0 aliphatic rings. The molecule has 0 unspecified atom stereocenters. The number of hydrogen-bond donors (Lipinski definition) is 3. The van der Waals surface area contributed by atoms with Crippen molar-refractivity contribution >= 4 is 38.9 Å². The van der Waals surface area contributed by atoms with Crippen molar-refractivity contribution in [2.75, 3.05) is 18.5 Å². The summed E-state index contributed by atoms with van der Waals surface area (Å²) in [5.74, 6) is 0.316. The highest BCUT2D eigenvalue weighted by Crippen LogP contribution is 2.15. The zero-order chi connectivity index (χ0) is 23.7. The summed E-state index contributed by atoms with van der Waals surface area (Å²) < 4.78 is 33.0. The maximum atomic E-state index is 12.5. The van der Waals surface area contributed by atoms with Gasteiger partial charge in [0.05, 0.1) is 11.5 Å². The molecular weight excluding hydrogens is 458 g/mol. The van der Waals surface area contributed by atoms with Gasteiger partial charge < -0.3 is 10.1 Å². The molecule has 0 fully saturated rings. The topological polar surface area (TPSA) is 96.5 Å². The Hall–Kier alpha value is -3.27. The minimum Gasteiger partial charge on any atom is -0.494 e. The van der Waals surface area contributed by atoms with Crippen LogP contribution < -0.4 is 20.1 Å². The molecule has 3 N–H and O–H groups in total. The lowest BCUT2D eigenvalue weighted by molar-refractivity contribution is 0.0977. The lowest BCUT2D eigenvalue weighted by Crippen LogP contribution is -2.34. The van der Waals surface area contributed by atoms with Gasteiger partial charge in [-0.25, -0.2) is 13.1 Å². The van der Waals surface area contributed by atoms with Crippen LogP contribution >= 0.6 is 12.2 Å². The van der Waals surface area contributed by atoms with Crippen LogP contribution in [0, 0.1) is 0 Å². The third-order valence-corrected chi connectivity index (χ3v) is 6.31. The maximum Gasteiger partial charge on any atom is 0.257 e. The van der Waals surface area contributed by atoms with Gasteiger partial charge in [0, 0.05) is 17.8 Å². The van der Waals surface area contributed by atoms with Gasteiger partial charge in [-0.2, -0.15) is 0 Å². The number of anilines is 1. The molecule has 9 heteroatoms. The van der Waals surface area contributed by atoms with Gasteiger partial charge >= 0.3 is 0 Å². The second-order valence-corrected chi connectivity index (χ2v) is 9.20. The van der Waals surface area contributed by atoms with Crippen molar-refractivity contribution < 1.29 is 17.9 Å². The molecule has 0 spiro atoms. The van der Waals surface area contributed by atoms with Gasteiger partial charge in [-0.1, -0.05) is 30.3 Å². The van der Waals surface area contributed by atoms with Gasteiger partial charge in [0.1, 0.15) is 5.75 Å². The summed E-state index contributed by atoms with van der Waals surface area (Å²) in [6.45, 7) is 2.73. The van der Waals surface area contributed by atoms with Crippen molar-refractivity contribution in [1.29, 1.82) is 0 Å². The van der Waals surface area contributed by atoms with E-state index in [1.165, 1.54) is 12.1 Å². The van der Waals surface area contributed by atoms with Crippen LogP contribution in [0.1, 0.15) is 22.8 Å². The molecule has 0 saturated carbocycles. The van der Waals surface area contributed by atoms with Crippen LogP contribution in [-0.4, -0.2) is 32.6 Å². The normalized spacial score (nSPS) is 10.9. The Kier molecular flexibility index (Phi) is 8.53. The van der Waals surface area contributed by atoms with Crippen LogP contribution in [0.4, 0.5) is 5.69 Å². The molecule has 3 rings (SSSR count). The average molecular weight is 484 g/mol. The molecule has 0 saturated heterocycles. The summed E-state index contributed by atoms with van der Waals surface area (Å²) in [6.07, 6.45) is 0.599. The van der Waals surface area contributed by atoms with Crippen molar-refractivity contribution in [3.05, 3.63) is 90.0 Å². The molecule has 3 aromatic carbocycles. The van der Waals surface area contributed by atoms with Crippen molar-refractivity contribution in [2.24, 2.45) is 0 Å². The number of ether oxygens (including phenoxy) is 1. The van der Waals surface area contributed by atoms with Crippen molar-refractivity contribution in [3.8, 4) is 5.75 Å². The minimum absolute atomic E-state index is 0.102. The summed E-state index contributed by atoms with van der Waals surface area (Å²) >= 11 is 5.19. The standard InChI is InChI=1S/C24H25N3O4S2/c1-2-31-21-12-8-19(9-13-21)23(28)27-24(32)26-20-10-14-22(15-11-20)33(29,30)25-17-16-18-6-4-3-5-7-18/h3-15,25H,2,16-17H2,1H3,(H2,26,27,28,32). The van der Waals surface area contributed by atoms with E-state index >= 15 is 0 Å². The molecule has 0 aliphatic carbocycles. The monoisotopic (exact) mass is 483 g/mol. The maximum absolute atomic E-state index is 12.5. The Labute approximate surface area is 199 Å². The SMILES string of the molecule is CCOc1ccc(C(=O)NC(=S)Nc2ccc(S(=O)(=O)NCCc3ccccc3)cc2)cc1. The van der Waals surface area contributed by atoms with Crippen LogP contribution in [0.3, 0.4) is 0 Å². The second-order valence-electron chi connectivity index (χ2n) is 7.02. The molecule has 3 aromatic rings. The molecule has 0 aliphatic heterocycles. The van der Waals surface area contributed by atoms with E-state index < -0.39 is 10.0 Å². The van der Waals surface area contributed by atoms with Gasteiger partial charge in [-0.15, -0.1) is 0 Å². The van der Waals surface area contributed by atoms with Crippen LogP contribution in [0.2, 0.25) is 0 Å². The molecule has 172 valence electrons. The Balaban J connectivity index is 1.51. The molecule has 7 nitrogen and oxygen atoms in total. The quantitative estimate of drug-likeness (QED) is 0.402. The summed E-state index contributed by atoms with van der Waals surface area (Å²) in [5, 5.41) is 5.57. The van der Waals surface area contributed by atoms with Gasteiger partial charge in [0.25, 0.3) is 5.91 Å². The fraction of sp³-hybridized carbons (Fsp3) is 0.167. The summed E-state index contributed by atoms with van der Waals surface area (Å²) in [5.41, 5.74) is 2.04. The highest BCUT2D eigenvalue weighted by molar-refractivity contribution is 7.89. The van der Waals surface area contributed by atoms with Crippen molar-refractivity contribution in [1.82, 2.24) is 10.0 Å². The number of thiocarbonyl (C=S) groups is 1. The van der Waals surface area contributed by atoms with Gasteiger partial charge in [0.2, 0.25) is 10.0 Å². The highest BCUT2D eigenvalue weighted by Gasteiger charge is 2.14. The summed E-state index contributed by atoms with van der Waals surface area (Å²) in [6, 6.07) is 22.5.